The second kappa shape index (κ2) is 7.44. The first-order chi connectivity index (χ1) is 11.6. The van der Waals surface area contributed by atoms with E-state index in [9.17, 15) is 14.4 Å². The largest absolute Gasteiger partial charge is 0.467 e. The average molecular weight is 346 g/mol. The highest BCUT2D eigenvalue weighted by atomic mass is 32.1. The highest BCUT2D eigenvalue weighted by Gasteiger charge is 2.29. The Hall–Kier alpha value is -2.41. The van der Waals surface area contributed by atoms with E-state index < -0.39 is 0 Å². The molecule has 126 valence electrons. The maximum atomic E-state index is 12.6. The lowest BCUT2D eigenvalue weighted by Crippen LogP contribution is -2.36. The number of hydrogen-bond acceptors (Lipinski definition) is 5. The summed E-state index contributed by atoms with van der Waals surface area (Å²) < 4.78 is 5.34. The molecule has 1 aliphatic rings. The maximum Gasteiger partial charge on any atom is 0.229 e. The number of furan rings is 1. The maximum absolute atomic E-state index is 12.6. The minimum atomic E-state index is -0.191. The zero-order valence-corrected chi connectivity index (χ0v) is 14.0. The lowest BCUT2D eigenvalue weighted by atomic mass is 10.3. The molecule has 0 aromatic carbocycles. The van der Waals surface area contributed by atoms with Gasteiger partial charge in [0.15, 0.2) is 0 Å². The fourth-order valence-corrected chi connectivity index (χ4v) is 3.37. The van der Waals surface area contributed by atoms with Crippen molar-refractivity contribution in [2.75, 3.05) is 6.54 Å². The zero-order chi connectivity index (χ0) is 16.9. The molecule has 6 nitrogen and oxygen atoms in total. The van der Waals surface area contributed by atoms with E-state index >= 15 is 0 Å². The van der Waals surface area contributed by atoms with Crippen molar-refractivity contribution in [1.82, 2.24) is 9.80 Å². The van der Waals surface area contributed by atoms with Crippen LogP contribution in [0.4, 0.5) is 0 Å². The monoisotopic (exact) mass is 346 g/mol. The van der Waals surface area contributed by atoms with Gasteiger partial charge in [-0.05, 0) is 23.6 Å². The second-order valence-electron chi connectivity index (χ2n) is 5.60. The first kappa shape index (κ1) is 16.4. The standard InChI is InChI=1S/C17H18N2O4S/c20-15(7-8-19-16(21)5-6-17(19)22)18(11-13-3-1-9-23-13)12-14-4-2-10-24-14/h1-4,9-10H,5-8,11-12H2. The van der Waals surface area contributed by atoms with Gasteiger partial charge in [-0.15, -0.1) is 11.3 Å². The molecule has 0 unspecified atom stereocenters. The topological polar surface area (TPSA) is 70.8 Å². The molecule has 0 radical (unpaired) electrons. The molecule has 0 N–H and O–H groups in total. The highest BCUT2D eigenvalue weighted by molar-refractivity contribution is 7.09. The van der Waals surface area contributed by atoms with E-state index in [1.54, 1.807) is 28.6 Å². The van der Waals surface area contributed by atoms with E-state index in [1.165, 1.54) is 4.90 Å². The van der Waals surface area contributed by atoms with Crippen LogP contribution in [-0.2, 0) is 27.5 Å². The molecular weight excluding hydrogens is 328 g/mol. The van der Waals surface area contributed by atoms with Crippen molar-refractivity contribution in [3.8, 4) is 0 Å². The van der Waals surface area contributed by atoms with E-state index in [4.69, 9.17) is 4.42 Å². The van der Waals surface area contributed by atoms with Crippen molar-refractivity contribution in [3.05, 3.63) is 46.5 Å². The summed E-state index contributed by atoms with van der Waals surface area (Å²) in [6.07, 6.45) is 2.20. The molecule has 0 bridgehead atoms. The van der Waals surface area contributed by atoms with E-state index in [2.05, 4.69) is 0 Å². The Kier molecular flexibility index (Phi) is 5.10. The Bertz CT molecular complexity index is 657. The van der Waals surface area contributed by atoms with Crippen LogP contribution in [0.2, 0.25) is 0 Å². The third-order valence-corrected chi connectivity index (χ3v) is 4.77. The quantitative estimate of drug-likeness (QED) is 0.722. The number of thiophene rings is 1. The molecule has 0 aliphatic carbocycles. The molecule has 3 amide bonds. The highest BCUT2D eigenvalue weighted by Crippen LogP contribution is 2.17. The van der Waals surface area contributed by atoms with Crippen LogP contribution >= 0.6 is 11.3 Å². The van der Waals surface area contributed by atoms with Gasteiger partial charge in [0.25, 0.3) is 0 Å². The van der Waals surface area contributed by atoms with Crippen molar-refractivity contribution in [1.29, 1.82) is 0 Å². The second-order valence-corrected chi connectivity index (χ2v) is 6.63. The summed E-state index contributed by atoms with van der Waals surface area (Å²) >= 11 is 1.58. The average Bonchev–Trinajstić information content (AvgIpc) is 3.30. The minimum Gasteiger partial charge on any atom is -0.467 e. The molecular formula is C17H18N2O4S. The van der Waals surface area contributed by atoms with E-state index in [1.807, 2.05) is 23.6 Å². The van der Waals surface area contributed by atoms with Crippen LogP contribution in [0.5, 0.6) is 0 Å². The Morgan fingerprint density at radius 3 is 2.58 bits per heavy atom. The number of carbonyl (C=O) groups is 3. The van der Waals surface area contributed by atoms with Gasteiger partial charge < -0.3 is 9.32 Å². The fraction of sp³-hybridized carbons (Fsp3) is 0.353. The minimum absolute atomic E-state index is 0.104. The van der Waals surface area contributed by atoms with Gasteiger partial charge in [-0.3, -0.25) is 19.3 Å². The predicted molar refractivity (Wildman–Crippen MR) is 87.9 cm³/mol. The summed E-state index contributed by atoms with van der Waals surface area (Å²) in [5.41, 5.74) is 0. The number of nitrogens with zero attached hydrogens (tertiary/aromatic N) is 2. The zero-order valence-electron chi connectivity index (χ0n) is 13.1. The van der Waals surface area contributed by atoms with Gasteiger partial charge >= 0.3 is 0 Å². The van der Waals surface area contributed by atoms with Crippen molar-refractivity contribution in [3.63, 3.8) is 0 Å². The molecule has 0 saturated carbocycles. The normalized spacial score (nSPS) is 14.4. The van der Waals surface area contributed by atoms with Gasteiger partial charge in [0.1, 0.15) is 5.76 Å². The van der Waals surface area contributed by atoms with Gasteiger partial charge in [0.2, 0.25) is 17.7 Å². The van der Waals surface area contributed by atoms with Crippen LogP contribution in [0, 0.1) is 0 Å². The number of hydrogen-bond donors (Lipinski definition) is 0. The van der Waals surface area contributed by atoms with Crippen LogP contribution in [-0.4, -0.2) is 34.1 Å². The SMILES string of the molecule is O=C(CCN1C(=O)CCC1=O)N(Cc1ccco1)Cc1cccs1. The molecule has 2 aromatic heterocycles. The van der Waals surface area contributed by atoms with Crippen LogP contribution in [0.1, 0.15) is 29.9 Å². The van der Waals surface area contributed by atoms with E-state index in [0.29, 0.717) is 18.8 Å². The summed E-state index contributed by atoms with van der Waals surface area (Å²) in [7, 11) is 0. The Labute approximate surface area is 143 Å². The summed E-state index contributed by atoms with van der Waals surface area (Å²) in [6, 6.07) is 7.52. The van der Waals surface area contributed by atoms with E-state index in [0.717, 1.165) is 4.88 Å². The van der Waals surface area contributed by atoms with Crippen LogP contribution < -0.4 is 0 Å². The molecule has 1 aliphatic heterocycles. The Morgan fingerprint density at radius 1 is 1.17 bits per heavy atom. The number of rotatable bonds is 7. The number of carbonyl (C=O) groups excluding carboxylic acids is 3. The number of likely N-dealkylation sites (tertiary alicyclic amines) is 1. The number of imide groups is 1. The molecule has 0 spiro atoms. The van der Waals surface area contributed by atoms with Gasteiger partial charge in [0, 0.05) is 30.7 Å². The third kappa shape index (κ3) is 3.91. The third-order valence-electron chi connectivity index (χ3n) is 3.91. The molecule has 1 fully saturated rings. The molecule has 0 atom stereocenters. The van der Waals surface area contributed by atoms with Crippen molar-refractivity contribution < 1.29 is 18.8 Å². The first-order valence-electron chi connectivity index (χ1n) is 7.79. The van der Waals surface area contributed by atoms with Crippen LogP contribution in [0.3, 0.4) is 0 Å². The van der Waals surface area contributed by atoms with Crippen LogP contribution in [0.15, 0.2) is 40.3 Å². The summed E-state index contributed by atoms with van der Waals surface area (Å²) in [5, 5.41) is 1.96. The fourth-order valence-electron chi connectivity index (χ4n) is 2.65. The predicted octanol–water partition coefficient (Wildman–Crippen LogP) is 2.41. The van der Waals surface area contributed by atoms with Crippen molar-refractivity contribution >= 4 is 29.1 Å². The molecule has 2 aromatic rings. The van der Waals surface area contributed by atoms with Gasteiger partial charge in [-0.25, -0.2) is 0 Å². The molecule has 24 heavy (non-hydrogen) atoms. The van der Waals surface area contributed by atoms with Gasteiger partial charge in [-0.1, -0.05) is 6.07 Å². The smallest absolute Gasteiger partial charge is 0.229 e. The lowest BCUT2D eigenvalue weighted by molar-refractivity contribution is -0.139. The van der Waals surface area contributed by atoms with Crippen molar-refractivity contribution in [2.24, 2.45) is 0 Å². The summed E-state index contributed by atoms with van der Waals surface area (Å²) in [5.74, 6) is 0.216. The van der Waals surface area contributed by atoms with Crippen LogP contribution in [0.25, 0.3) is 0 Å². The molecule has 3 heterocycles. The van der Waals surface area contributed by atoms with Crippen molar-refractivity contribution in [2.45, 2.75) is 32.4 Å². The summed E-state index contributed by atoms with van der Waals surface area (Å²) in [6.45, 7) is 1.00. The molecule has 3 rings (SSSR count). The number of amides is 3. The Balaban J connectivity index is 1.63. The molecule has 1 saturated heterocycles. The van der Waals surface area contributed by atoms with E-state index in [-0.39, 0.29) is 43.5 Å². The molecule has 7 heteroatoms. The van der Waals surface area contributed by atoms with Gasteiger partial charge in [0.05, 0.1) is 19.4 Å². The lowest BCUT2D eigenvalue weighted by Gasteiger charge is -2.22. The first-order valence-corrected chi connectivity index (χ1v) is 8.67. The Morgan fingerprint density at radius 2 is 1.96 bits per heavy atom. The summed E-state index contributed by atoms with van der Waals surface area (Å²) in [4.78, 5) is 39.8. The van der Waals surface area contributed by atoms with Gasteiger partial charge in [-0.2, -0.15) is 0 Å².